The highest BCUT2D eigenvalue weighted by Crippen LogP contribution is 2.23. The van der Waals surface area contributed by atoms with Crippen LogP contribution in [0.3, 0.4) is 0 Å². The molecule has 3 aromatic rings. The van der Waals surface area contributed by atoms with Crippen molar-refractivity contribution in [3.05, 3.63) is 64.4 Å². The number of para-hydroxylation sites is 2. The molecule has 0 spiro atoms. The number of H-pyrrole nitrogens is 1. The predicted octanol–water partition coefficient (Wildman–Crippen LogP) is 2.83. The van der Waals surface area contributed by atoms with Crippen molar-refractivity contribution in [3.63, 3.8) is 0 Å². The van der Waals surface area contributed by atoms with E-state index < -0.39 is 11.2 Å². The first-order valence-electron chi connectivity index (χ1n) is 8.13. The molecule has 1 heterocycles. The van der Waals surface area contributed by atoms with Crippen molar-refractivity contribution >= 4 is 40.2 Å². The van der Waals surface area contributed by atoms with Crippen LogP contribution in [0.1, 0.15) is 17.3 Å². The number of carbonyl (C=O) groups is 2. The summed E-state index contributed by atoms with van der Waals surface area (Å²) >= 11 is 1.13. The average Bonchev–Trinajstić information content (AvgIpc) is 2.67. The monoisotopic (exact) mass is 383 g/mol. The first kappa shape index (κ1) is 18.7. The summed E-state index contributed by atoms with van der Waals surface area (Å²) in [6.45, 7) is 1.69. The number of hydrogen-bond donors (Lipinski definition) is 2. The van der Waals surface area contributed by atoms with E-state index in [2.05, 4.69) is 15.3 Å². The largest absolute Gasteiger partial charge is 0.465 e. The third-order valence-corrected chi connectivity index (χ3v) is 4.82. The number of esters is 1. The number of nitrogens with one attached hydrogen (secondary N) is 2. The lowest BCUT2D eigenvalue weighted by Crippen LogP contribution is -2.24. The van der Waals surface area contributed by atoms with Crippen molar-refractivity contribution < 1.29 is 14.3 Å². The minimum Gasteiger partial charge on any atom is -0.465 e. The molecule has 0 radical (unpaired) electrons. The summed E-state index contributed by atoms with van der Waals surface area (Å²) in [5.74, 6) is -0.862. The van der Waals surface area contributed by atoms with Gasteiger partial charge in [-0.3, -0.25) is 9.59 Å². The van der Waals surface area contributed by atoms with Crippen molar-refractivity contribution in [1.29, 1.82) is 0 Å². The molecule has 0 saturated carbocycles. The lowest BCUT2D eigenvalue weighted by atomic mass is 10.2. The lowest BCUT2D eigenvalue weighted by molar-refractivity contribution is -0.115. The number of carbonyl (C=O) groups excluding carboxylic acids is 2. The number of anilines is 1. The highest BCUT2D eigenvalue weighted by atomic mass is 32.2. The van der Waals surface area contributed by atoms with Gasteiger partial charge in [0.05, 0.1) is 34.5 Å². The van der Waals surface area contributed by atoms with E-state index in [0.29, 0.717) is 21.7 Å². The van der Waals surface area contributed by atoms with Crippen molar-refractivity contribution in [2.24, 2.45) is 0 Å². The quantitative estimate of drug-likeness (QED) is 0.399. The number of fused-ring (bicyclic) bond motifs is 1. The molecule has 1 unspecified atom stereocenters. The number of aromatic amines is 1. The van der Waals surface area contributed by atoms with Crippen LogP contribution in [0.25, 0.3) is 10.9 Å². The van der Waals surface area contributed by atoms with Gasteiger partial charge in [-0.15, -0.1) is 0 Å². The maximum absolute atomic E-state index is 12.5. The molecule has 0 saturated heterocycles. The Kier molecular flexibility index (Phi) is 5.56. The van der Waals surface area contributed by atoms with Crippen LogP contribution in [0.5, 0.6) is 0 Å². The number of aromatic nitrogens is 2. The van der Waals surface area contributed by atoms with Crippen LogP contribution in [-0.2, 0) is 9.53 Å². The van der Waals surface area contributed by atoms with Crippen LogP contribution in [0.4, 0.5) is 5.69 Å². The van der Waals surface area contributed by atoms with Crippen LogP contribution in [-0.4, -0.2) is 34.2 Å². The maximum Gasteiger partial charge on any atom is 0.339 e. The molecule has 2 N–H and O–H groups in total. The highest BCUT2D eigenvalue weighted by Gasteiger charge is 2.19. The van der Waals surface area contributed by atoms with Gasteiger partial charge < -0.3 is 15.0 Å². The summed E-state index contributed by atoms with van der Waals surface area (Å²) < 4.78 is 4.72. The minimum absolute atomic E-state index is 0.258. The summed E-state index contributed by atoms with van der Waals surface area (Å²) in [5.41, 5.74) is 0.934. The number of hydrogen-bond acceptors (Lipinski definition) is 6. The zero-order chi connectivity index (χ0) is 19.4. The van der Waals surface area contributed by atoms with Gasteiger partial charge in [0.15, 0.2) is 5.16 Å². The molecule has 27 heavy (non-hydrogen) atoms. The van der Waals surface area contributed by atoms with E-state index in [4.69, 9.17) is 4.74 Å². The maximum atomic E-state index is 12.5. The molecule has 2 aromatic carbocycles. The number of nitrogens with zero attached hydrogens (tertiary/aromatic N) is 1. The zero-order valence-electron chi connectivity index (χ0n) is 14.7. The van der Waals surface area contributed by atoms with Crippen LogP contribution < -0.4 is 10.9 Å². The van der Waals surface area contributed by atoms with Gasteiger partial charge in [-0.05, 0) is 31.2 Å². The molecule has 0 fully saturated rings. The number of amides is 1. The van der Waals surface area contributed by atoms with E-state index in [1.807, 2.05) is 0 Å². The molecule has 8 heteroatoms. The molecular weight excluding hydrogens is 366 g/mol. The molecule has 0 aliphatic rings. The number of methoxy groups -OCH3 is 1. The molecule has 1 atom stereocenters. The van der Waals surface area contributed by atoms with E-state index in [1.165, 1.54) is 7.11 Å². The van der Waals surface area contributed by atoms with Gasteiger partial charge >= 0.3 is 5.97 Å². The smallest absolute Gasteiger partial charge is 0.339 e. The summed E-state index contributed by atoms with van der Waals surface area (Å²) in [7, 11) is 1.28. The van der Waals surface area contributed by atoms with Gasteiger partial charge in [-0.1, -0.05) is 36.0 Å². The normalized spacial score (nSPS) is 11.8. The summed E-state index contributed by atoms with van der Waals surface area (Å²) in [5, 5.41) is 3.00. The van der Waals surface area contributed by atoms with Crippen molar-refractivity contribution in [2.45, 2.75) is 17.3 Å². The Balaban J connectivity index is 1.77. The molecule has 1 aromatic heterocycles. The Hall–Kier alpha value is -3.13. The summed E-state index contributed by atoms with van der Waals surface area (Å²) in [6.07, 6.45) is 0. The van der Waals surface area contributed by atoms with E-state index in [1.54, 1.807) is 55.5 Å². The standard InChI is InChI=1S/C19H17N3O4S/c1-11(16(23)20-15-10-6-4-8-13(15)18(25)26-2)27-19-21-14-9-5-3-7-12(14)17(24)22-19/h3-11H,1-2H3,(H,20,23)(H,21,22,24). The van der Waals surface area contributed by atoms with Crippen molar-refractivity contribution in [2.75, 3.05) is 12.4 Å². The van der Waals surface area contributed by atoms with Gasteiger partial charge in [0.1, 0.15) is 0 Å². The van der Waals surface area contributed by atoms with Crippen LogP contribution in [0, 0.1) is 0 Å². The predicted molar refractivity (Wildman–Crippen MR) is 104 cm³/mol. The Morgan fingerprint density at radius 1 is 1.15 bits per heavy atom. The first-order chi connectivity index (χ1) is 13.0. The number of rotatable bonds is 5. The molecule has 0 bridgehead atoms. The minimum atomic E-state index is -0.556. The Morgan fingerprint density at radius 2 is 1.85 bits per heavy atom. The Bertz CT molecular complexity index is 1060. The molecule has 138 valence electrons. The fourth-order valence-electron chi connectivity index (χ4n) is 2.46. The van der Waals surface area contributed by atoms with E-state index >= 15 is 0 Å². The Morgan fingerprint density at radius 3 is 2.63 bits per heavy atom. The second-order valence-electron chi connectivity index (χ2n) is 5.67. The third-order valence-electron chi connectivity index (χ3n) is 3.84. The Labute approximate surface area is 159 Å². The molecule has 7 nitrogen and oxygen atoms in total. The lowest BCUT2D eigenvalue weighted by Gasteiger charge is -2.13. The second-order valence-corrected chi connectivity index (χ2v) is 7.00. The van der Waals surface area contributed by atoms with E-state index in [-0.39, 0.29) is 17.0 Å². The van der Waals surface area contributed by atoms with Gasteiger partial charge in [-0.2, -0.15) is 0 Å². The zero-order valence-corrected chi connectivity index (χ0v) is 15.5. The van der Waals surface area contributed by atoms with Gasteiger partial charge in [0, 0.05) is 0 Å². The topological polar surface area (TPSA) is 101 Å². The number of ether oxygens (including phenoxy) is 1. The van der Waals surface area contributed by atoms with E-state index in [0.717, 1.165) is 11.8 Å². The highest BCUT2D eigenvalue weighted by molar-refractivity contribution is 8.00. The van der Waals surface area contributed by atoms with Crippen LogP contribution in [0.2, 0.25) is 0 Å². The average molecular weight is 383 g/mol. The van der Waals surface area contributed by atoms with Gasteiger partial charge in [0.2, 0.25) is 5.91 Å². The van der Waals surface area contributed by atoms with Gasteiger partial charge in [0.25, 0.3) is 5.56 Å². The molecular formula is C19H17N3O4S. The number of thioether (sulfide) groups is 1. The van der Waals surface area contributed by atoms with E-state index in [9.17, 15) is 14.4 Å². The fourth-order valence-corrected chi connectivity index (χ4v) is 3.26. The van der Waals surface area contributed by atoms with Crippen LogP contribution in [0.15, 0.2) is 58.5 Å². The van der Waals surface area contributed by atoms with Crippen molar-refractivity contribution in [1.82, 2.24) is 9.97 Å². The first-order valence-corrected chi connectivity index (χ1v) is 9.01. The van der Waals surface area contributed by atoms with Gasteiger partial charge in [-0.25, -0.2) is 9.78 Å². The SMILES string of the molecule is COC(=O)c1ccccc1NC(=O)C(C)Sc1nc2ccccc2c(=O)[nH]1. The molecule has 0 aliphatic heterocycles. The van der Waals surface area contributed by atoms with Crippen LogP contribution >= 0.6 is 11.8 Å². The van der Waals surface area contributed by atoms with Crippen molar-refractivity contribution in [3.8, 4) is 0 Å². The molecule has 3 rings (SSSR count). The third kappa shape index (κ3) is 4.17. The molecule has 1 amide bonds. The molecule has 0 aliphatic carbocycles. The summed E-state index contributed by atoms with van der Waals surface area (Å²) in [6, 6.07) is 13.6. The summed E-state index contributed by atoms with van der Waals surface area (Å²) in [4.78, 5) is 43.5. The fraction of sp³-hybridized carbons (Fsp3) is 0.158. The second kappa shape index (κ2) is 8.05. The number of benzene rings is 2.